The summed E-state index contributed by atoms with van der Waals surface area (Å²) in [5.41, 5.74) is 1.36. The third kappa shape index (κ3) is 3.83. The molecule has 0 bridgehead atoms. The molecular weight excluding hydrogens is 252 g/mol. The number of nitrogens with one attached hydrogen (secondary N) is 1. The fourth-order valence-corrected chi connectivity index (χ4v) is 3.40. The topological polar surface area (TPSA) is 41.6 Å². The van der Waals surface area contributed by atoms with Gasteiger partial charge in [-0.15, -0.1) is 0 Å². The van der Waals surface area contributed by atoms with Crippen LogP contribution >= 0.6 is 0 Å². The van der Waals surface area contributed by atoms with E-state index in [0.29, 0.717) is 18.9 Å². The molecule has 0 aromatic heterocycles. The first-order valence-electron chi connectivity index (χ1n) is 7.83. The van der Waals surface area contributed by atoms with Crippen molar-refractivity contribution in [3.63, 3.8) is 0 Å². The lowest BCUT2D eigenvalue weighted by molar-refractivity contribution is -0.132. The van der Waals surface area contributed by atoms with Gasteiger partial charge in [-0.1, -0.05) is 25.3 Å². The fourth-order valence-electron chi connectivity index (χ4n) is 3.40. The van der Waals surface area contributed by atoms with Gasteiger partial charge < -0.3 is 15.0 Å². The van der Waals surface area contributed by atoms with Crippen LogP contribution in [0.3, 0.4) is 0 Å². The van der Waals surface area contributed by atoms with Crippen molar-refractivity contribution >= 4 is 5.91 Å². The largest absolute Gasteiger partial charge is 0.380 e. The smallest absolute Gasteiger partial charge is 0.224 e. The van der Waals surface area contributed by atoms with Crippen molar-refractivity contribution in [2.24, 2.45) is 0 Å². The molecule has 1 N–H and O–H groups in total. The molecule has 0 aromatic rings. The molecule has 114 valence electrons. The summed E-state index contributed by atoms with van der Waals surface area (Å²) in [4.78, 5) is 14.5. The molecule has 2 aliphatic rings. The maximum absolute atomic E-state index is 12.5. The number of amides is 1. The van der Waals surface area contributed by atoms with E-state index in [2.05, 4.69) is 11.4 Å². The molecule has 1 saturated carbocycles. The summed E-state index contributed by atoms with van der Waals surface area (Å²) in [6, 6.07) is 0. The van der Waals surface area contributed by atoms with Crippen LogP contribution in [0.4, 0.5) is 0 Å². The zero-order valence-electron chi connectivity index (χ0n) is 12.9. The molecule has 2 rings (SSSR count). The molecule has 1 fully saturated rings. The van der Waals surface area contributed by atoms with Crippen LogP contribution in [0.1, 0.15) is 44.9 Å². The van der Waals surface area contributed by atoms with Crippen LogP contribution in [0, 0.1) is 0 Å². The Morgan fingerprint density at radius 1 is 1.40 bits per heavy atom. The maximum Gasteiger partial charge on any atom is 0.224 e. The van der Waals surface area contributed by atoms with Crippen molar-refractivity contribution < 1.29 is 9.53 Å². The van der Waals surface area contributed by atoms with Crippen molar-refractivity contribution in [1.29, 1.82) is 0 Å². The van der Waals surface area contributed by atoms with Crippen LogP contribution < -0.4 is 5.32 Å². The molecule has 1 heterocycles. The van der Waals surface area contributed by atoms with E-state index in [0.717, 1.165) is 32.4 Å². The van der Waals surface area contributed by atoms with Crippen LogP contribution in [0.15, 0.2) is 11.6 Å². The Hall–Kier alpha value is -0.870. The Bertz CT molecular complexity index is 359. The molecule has 0 atom stereocenters. The van der Waals surface area contributed by atoms with E-state index in [4.69, 9.17) is 4.74 Å². The van der Waals surface area contributed by atoms with Crippen molar-refractivity contribution in [2.75, 3.05) is 33.9 Å². The monoisotopic (exact) mass is 280 g/mol. The minimum Gasteiger partial charge on any atom is -0.380 e. The van der Waals surface area contributed by atoms with E-state index in [1.54, 1.807) is 7.11 Å². The summed E-state index contributed by atoms with van der Waals surface area (Å²) in [7, 11) is 3.73. The lowest BCUT2D eigenvalue weighted by atomic mass is 9.79. The Labute approximate surface area is 122 Å². The summed E-state index contributed by atoms with van der Waals surface area (Å²) in [5.74, 6) is 0.300. The van der Waals surface area contributed by atoms with Crippen LogP contribution in [-0.4, -0.2) is 50.2 Å². The lowest BCUT2D eigenvalue weighted by Gasteiger charge is -2.38. The number of carbonyl (C=O) groups excluding carboxylic acids is 1. The second-order valence-electron chi connectivity index (χ2n) is 6.15. The molecule has 4 heteroatoms. The lowest BCUT2D eigenvalue weighted by Crippen LogP contribution is -2.49. The van der Waals surface area contributed by atoms with Crippen molar-refractivity contribution in [1.82, 2.24) is 10.2 Å². The van der Waals surface area contributed by atoms with Crippen LogP contribution in [0.2, 0.25) is 0 Å². The highest BCUT2D eigenvalue weighted by Crippen LogP contribution is 2.31. The summed E-state index contributed by atoms with van der Waals surface area (Å²) < 4.78 is 5.15. The first-order valence-corrected chi connectivity index (χ1v) is 7.83. The summed E-state index contributed by atoms with van der Waals surface area (Å²) in [6.45, 7) is 2.29. The maximum atomic E-state index is 12.5. The van der Waals surface area contributed by atoms with Gasteiger partial charge in [0.25, 0.3) is 0 Å². The average Bonchev–Trinajstić information content (AvgIpc) is 2.49. The van der Waals surface area contributed by atoms with Gasteiger partial charge in [0.05, 0.1) is 6.61 Å². The highest BCUT2D eigenvalue weighted by molar-refractivity contribution is 5.78. The molecule has 0 unspecified atom stereocenters. The van der Waals surface area contributed by atoms with E-state index in [1.807, 2.05) is 11.9 Å². The number of carbonyl (C=O) groups is 1. The van der Waals surface area contributed by atoms with Gasteiger partial charge in [-0.3, -0.25) is 4.79 Å². The molecule has 4 nitrogen and oxygen atoms in total. The third-order valence-electron chi connectivity index (χ3n) is 4.82. The minimum absolute atomic E-state index is 0.0475. The van der Waals surface area contributed by atoms with Gasteiger partial charge in [-0.2, -0.15) is 0 Å². The molecule has 0 aromatic carbocycles. The highest BCUT2D eigenvalue weighted by atomic mass is 16.5. The zero-order valence-corrected chi connectivity index (χ0v) is 12.9. The van der Waals surface area contributed by atoms with E-state index in [9.17, 15) is 4.79 Å². The van der Waals surface area contributed by atoms with E-state index >= 15 is 0 Å². The number of rotatable bonds is 5. The zero-order chi connectivity index (χ0) is 14.4. The Kier molecular flexibility index (Phi) is 5.61. The van der Waals surface area contributed by atoms with E-state index in [1.165, 1.54) is 24.8 Å². The summed E-state index contributed by atoms with van der Waals surface area (Å²) >= 11 is 0. The van der Waals surface area contributed by atoms with Gasteiger partial charge in [0.2, 0.25) is 5.91 Å². The first-order chi connectivity index (χ1) is 9.69. The molecule has 0 spiro atoms. The van der Waals surface area contributed by atoms with Gasteiger partial charge in [-0.05, 0) is 31.9 Å². The molecule has 0 radical (unpaired) electrons. The van der Waals surface area contributed by atoms with E-state index in [-0.39, 0.29) is 5.54 Å². The van der Waals surface area contributed by atoms with Gasteiger partial charge in [0, 0.05) is 32.2 Å². The van der Waals surface area contributed by atoms with Gasteiger partial charge >= 0.3 is 0 Å². The normalized spacial score (nSPS) is 22.5. The summed E-state index contributed by atoms with van der Waals surface area (Å²) in [6.07, 6.45) is 9.81. The number of hydrogen-bond acceptors (Lipinski definition) is 3. The quantitative estimate of drug-likeness (QED) is 0.784. The fraction of sp³-hybridized carbons (Fsp3) is 0.812. The Morgan fingerprint density at radius 3 is 2.70 bits per heavy atom. The molecule has 0 saturated heterocycles. The number of hydrogen-bond donors (Lipinski definition) is 1. The number of nitrogens with zero attached hydrogens (tertiary/aromatic N) is 1. The molecule has 1 aliphatic heterocycles. The predicted molar refractivity (Wildman–Crippen MR) is 80.6 cm³/mol. The van der Waals surface area contributed by atoms with Crippen LogP contribution in [0.25, 0.3) is 0 Å². The van der Waals surface area contributed by atoms with Gasteiger partial charge in [-0.25, -0.2) is 0 Å². The SMILES string of the molecule is CNC1(CC(=O)N2CC=C(COC)CC2)CCCCC1. The number of methoxy groups -OCH3 is 1. The van der Waals surface area contributed by atoms with Crippen LogP contribution in [0.5, 0.6) is 0 Å². The van der Waals surface area contributed by atoms with Crippen molar-refractivity contribution in [3.8, 4) is 0 Å². The standard InChI is InChI=1S/C16H28N2O2/c1-17-16(8-4-3-5-9-16)12-15(19)18-10-6-14(7-11-18)13-20-2/h6,17H,3-5,7-13H2,1-2H3. The minimum atomic E-state index is 0.0475. The number of ether oxygens (including phenoxy) is 1. The van der Waals surface area contributed by atoms with E-state index < -0.39 is 0 Å². The van der Waals surface area contributed by atoms with Crippen molar-refractivity contribution in [3.05, 3.63) is 11.6 Å². The third-order valence-corrected chi connectivity index (χ3v) is 4.82. The predicted octanol–water partition coefficient (Wildman–Crippen LogP) is 2.10. The Balaban J connectivity index is 1.88. The highest BCUT2D eigenvalue weighted by Gasteiger charge is 2.34. The first kappa shape index (κ1) is 15.5. The Morgan fingerprint density at radius 2 is 2.15 bits per heavy atom. The molecule has 1 amide bonds. The molecular formula is C16H28N2O2. The average molecular weight is 280 g/mol. The summed E-state index contributed by atoms with van der Waals surface area (Å²) in [5, 5.41) is 3.43. The molecule has 20 heavy (non-hydrogen) atoms. The van der Waals surface area contributed by atoms with Gasteiger partial charge in [0.15, 0.2) is 0 Å². The molecule has 1 aliphatic carbocycles. The van der Waals surface area contributed by atoms with Gasteiger partial charge in [0.1, 0.15) is 0 Å². The van der Waals surface area contributed by atoms with Crippen LogP contribution in [-0.2, 0) is 9.53 Å². The second-order valence-corrected chi connectivity index (χ2v) is 6.15. The van der Waals surface area contributed by atoms with Crippen molar-refractivity contribution in [2.45, 2.75) is 50.5 Å². The second kappa shape index (κ2) is 7.23.